The summed E-state index contributed by atoms with van der Waals surface area (Å²) in [4.78, 5) is 33.7. The molecule has 0 radical (unpaired) electrons. The van der Waals surface area contributed by atoms with Gasteiger partial charge in [0.25, 0.3) is 0 Å². The molecular formula is C22H40N2O5. The Hall–Kier alpha value is -2.05. The highest BCUT2D eigenvalue weighted by atomic mass is 16.5. The summed E-state index contributed by atoms with van der Waals surface area (Å²) in [6, 6.07) is -0.895. The van der Waals surface area contributed by atoms with Gasteiger partial charge in [-0.15, -0.1) is 0 Å². The van der Waals surface area contributed by atoms with Gasteiger partial charge in [-0.05, 0) is 31.3 Å². The quantitative estimate of drug-likeness (QED) is 0.228. The van der Waals surface area contributed by atoms with Crippen molar-refractivity contribution in [2.75, 3.05) is 13.2 Å². The Labute approximate surface area is 175 Å². The normalized spacial score (nSPS) is 11.7. The SMILES string of the molecule is C=CC(=O)NCCCCCCCCCCCCOC(=O)N[C@@H](CC(C)C)C(=O)O. The Morgan fingerprint density at radius 3 is 1.93 bits per heavy atom. The van der Waals surface area contributed by atoms with E-state index in [1.807, 2.05) is 13.8 Å². The lowest BCUT2D eigenvalue weighted by Crippen LogP contribution is -2.42. The Balaban J connectivity index is 3.44. The first-order valence-corrected chi connectivity index (χ1v) is 10.9. The maximum atomic E-state index is 11.7. The topological polar surface area (TPSA) is 105 Å². The molecule has 2 amide bonds. The second kappa shape index (κ2) is 18.0. The summed E-state index contributed by atoms with van der Waals surface area (Å²) in [6.07, 6.45) is 12.1. The van der Waals surface area contributed by atoms with E-state index in [0.717, 1.165) is 38.6 Å². The molecule has 0 spiro atoms. The fourth-order valence-electron chi connectivity index (χ4n) is 2.97. The van der Waals surface area contributed by atoms with Gasteiger partial charge in [-0.25, -0.2) is 9.59 Å². The van der Waals surface area contributed by atoms with Crippen LogP contribution in [-0.4, -0.2) is 42.3 Å². The molecule has 0 aliphatic heterocycles. The molecule has 1 atom stereocenters. The number of carbonyl (C=O) groups is 3. The summed E-state index contributed by atoms with van der Waals surface area (Å²) >= 11 is 0. The number of ether oxygens (including phenoxy) is 1. The number of carboxylic acid groups (broad SMARTS) is 1. The number of unbranched alkanes of at least 4 members (excludes halogenated alkanes) is 9. The van der Waals surface area contributed by atoms with Gasteiger partial charge in [0, 0.05) is 6.54 Å². The van der Waals surface area contributed by atoms with Crippen LogP contribution in [-0.2, 0) is 14.3 Å². The molecule has 0 aliphatic rings. The van der Waals surface area contributed by atoms with Crippen LogP contribution in [0.2, 0.25) is 0 Å². The minimum Gasteiger partial charge on any atom is -0.480 e. The van der Waals surface area contributed by atoms with Crippen LogP contribution in [0.25, 0.3) is 0 Å². The number of alkyl carbamates (subject to hydrolysis) is 1. The maximum absolute atomic E-state index is 11.7. The van der Waals surface area contributed by atoms with Crippen molar-refractivity contribution in [1.29, 1.82) is 0 Å². The zero-order chi connectivity index (χ0) is 21.9. The molecule has 0 aromatic heterocycles. The second-order valence-electron chi connectivity index (χ2n) is 7.83. The fraction of sp³-hybridized carbons (Fsp3) is 0.773. The number of carbonyl (C=O) groups excluding carboxylic acids is 2. The van der Waals surface area contributed by atoms with E-state index in [0.29, 0.717) is 13.0 Å². The number of nitrogens with one attached hydrogen (secondary N) is 2. The van der Waals surface area contributed by atoms with Crippen molar-refractivity contribution in [2.45, 2.75) is 90.5 Å². The lowest BCUT2D eigenvalue weighted by atomic mass is 10.0. The van der Waals surface area contributed by atoms with Crippen molar-refractivity contribution < 1.29 is 24.2 Å². The van der Waals surface area contributed by atoms with Gasteiger partial charge in [0.05, 0.1) is 6.61 Å². The third-order valence-corrected chi connectivity index (χ3v) is 4.59. The van der Waals surface area contributed by atoms with Crippen LogP contribution in [0.5, 0.6) is 0 Å². The summed E-state index contributed by atoms with van der Waals surface area (Å²) in [7, 11) is 0. The molecule has 7 nitrogen and oxygen atoms in total. The van der Waals surface area contributed by atoms with E-state index >= 15 is 0 Å². The molecule has 0 saturated heterocycles. The first-order chi connectivity index (χ1) is 13.9. The smallest absolute Gasteiger partial charge is 0.407 e. The Morgan fingerprint density at radius 1 is 0.931 bits per heavy atom. The minimum atomic E-state index is -1.03. The number of hydrogen-bond donors (Lipinski definition) is 3. The molecule has 3 N–H and O–H groups in total. The van der Waals surface area contributed by atoms with E-state index in [4.69, 9.17) is 9.84 Å². The average Bonchev–Trinajstić information content (AvgIpc) is 2.66. The zero-order valence-electron chi connectivity index (χ0n) is 18.2. The lowest BCUT2D eigenvalue weighted by Gasteiger charge is -2.16. The van der Waals surface area contributed by atoms with Crippen molar-refractivity contribution in [1.82, 2.24) is 10.6 Å². The van der Waals surface area contributed by atoms with E-state index in [1.165, 1.54) is 38.2 Å². The van der Waals surface area contributed by atoms with Crippen LogP contribution in [0.4, 0.5) is 4.79 Å². The number of rotatable bonds is 18. The van der Waals surface area contributed by atoms with Gasteiger partial charge < -0.3 is 20.5 Å². The molecule has 0 rings (SSSR count). The van der Waals surface area contributed by atoms with Crippen molar-refractivity contribution in [3.05, 3.63) is 12.7 Å². The molecule has 0 heterocycles. The van der Waals surface area contributed by atoms with E-state index in [-0.39, 0.29) is 11.8 Å². The van der Waals surface area contributed by atoms with Crippen LogP contribution in [0.1, 0.15) is 84.5 Å². The molecule has 0 fully saturated rings. The van der Waals surface area contributed by atoms with Crippen LogP contribution in [0.3, 0.4) is 0 Å². The first-order valence-electron chi connectivity index (χ1n) is 10.9. The van der Waals surface area contributed by atoms with Crippen molar-refractivity contribution in [3.63, 3.8) is 0 Å². The van der Waals surface area contributed by atoms with Gasteiger partial charge >= 0.3 is 12.1 Å². The summed E-state index contributed by atoms with van der Waals surface area (Å²) in [5.41, 5.74) is 0. The van der Waals surface area contributed by atoms with Gasteiger partial charge in [0.2, 0.25) is 5.91 Å². The lowest BCUT2D eigenvalue weighted by molar-refractivity contribution is -0.139. The maximum Gasteiger partial charge on any atom is 0.407 e. The first kappa shape index (κ1) is 27.0. The Bertz CT molecular complexity index is 480. The average molecular weight is 413 g/mol. The van der Waals surface area contributed by atoms with E-state index in [9.17, 15) is 14.4 Å². The summed E-state index contributed by atoms with van der Waals surface area (Å²) in [5, 5.41) is 14.3. The molecule has 168 valence electrons. The summed E-state index contributed by atoms with van der Waals surface area (Å²) < 4.78 is 5.07. The molecule has 0 bridgehead atoms. The van der Waals surface area contributed by atoms with Crippen LogP contribution in [0.15, 0.2) is 12.7 Å². The van der Waals surface area contributed by atoms with Gasteiger partial charge in [0.15, 0.2) is 0 Å². The van der Waals surface area contributed by atoms with Crippen LogP contribution >= 0.6 is 0 Å². The van der Waals surface area contributed by atoms with Gasteiger partial charge in [0.1, 0.15) is 6.04 Å². The van der Waals surface area contributed by atoms with Crippen molar-refractivity contribution in [3.8, 4) is 0 Å². The molecule has 0 unspecified atom stereocenters. The Kier molecular flexibility index (Phi) is 16.7. The van der Waals surface area contributed by atoms with Gasteiger partial charge in [-0.2, -0.15) is 0 Å². The minimum absolute atomic E-state index is 0.105. The number of aliphatic carboxylic acids is 1. The highest BCUT2D eigenvalue weighted by molar-refractivity contribution is 5.86. The zero-order valence-corrected chi connectivity index (χ0v) is 18.2. The van der Waals surface area contributed by atoms with Crippen molar-refractivity contribution in [2.24, 2.45) is 5.92 Å². The Morgan fingerprint density at radius 2 is 1.45 bits per heavy atom. The number of carboxylic acids is 1. The van der Waals surface area contributed by atoms with Crippen LogP contribution in [0, 0.1) is 5.92 Å². The van der Waals surface area contributed by atoms with E-state index < -0.39 is 18.1 Å². The third-order valence-electron chi connectivity index (χ3n) is 4.59. The highest BCUT2D eigenvalue weighted by Crippen LogP contribution is 2.11. The molecule has 0 aromatic carbocycles. The molecule has 0 aromatic rings. The predicted octanol–water partition coefficient (Wildman–Crippen LogP) is 4.42. The molecule has 0 saturated carbocycles. The molecule has 29 heavy (non-hydrogen) atoms. The standard InChI is InChI=1S/C22H40N2O5/c1-4-20(25)23-15-13-11-9-7-5-6-8-10-12-14-16-29-22(28)24-19(21(26)27)17-18(2)3/h4,18-19H,1,5-17H2,2-3H3,(H,23,25)(H,24,28)(H,26,27)/t19-/m0/s1. The fourth-order valence-corrected chi connectivity index (χ4v) is 2.97. The summed E-state index contributed by atoms with van der Waals surface area (Å²) in [6.45, 7) is 8.28. The number of amides is 2. The molecule has 7 heteroatoms. The predicted molar refractivity (Wildman–Crippen MR) is 115 cm³/mol. The largest absolute Gasteiger partial charge is 0.480 e. The summed E-state index contributed by atoms with van der Waals surface area (Å²) in [5.74, 6) is -0.955. The number of hydrogen-bond acceptors (Lipinski definition) is 4. The van der Waals surface area contributed by atoms with Crippen molar-refractivity contribution >= 4 is 18.0 Å². The van der Waals surface area contributed by atoms with Gasteiger partial charge in [-0.3, -0.25) is 4.79 Å². The third kappa shape index (κ3) is 17.8. The monoisotopic (exact) mass is 412 g/mol. The highest BCUT2D eigenvalue weighted by Gasteiger charge is 2.21. The van der Waals surface area contributed by atoms with Gasteiger partial charge in [-0.1, -0.05) is 71.8 Å². The second-order valence-corrected chi connectivity index (χ2v) is 7.83. The van der Waals surface area contributed by atoms with E-state index in [2.05, 4.69) is 17.2 Å². The van der Waals surface area contributed by atoms with E-state index in [1.54, 1.807) is 0 Å². The molecule has 0 aliphatic carbocycles. The van der Waals surface area contributed by atoms with Crippen LogP contribution < -0.4 is 10.6 Å². The molecular weight excluding hydrogens is 372 g/mol.